The Morgan fingerprint density at radius 2 is 0.881 bits per heavy atom. The molecule has 246 valence electrons. The molecule has 0 radical (unpaired) electrons. The third-order valence-corrected chi connectivity index (χ3v) is 13.2. The van der Waals surface area contributed by atoms with Crippen LogP contribution in [0.3, 0.4) is 0 Å². The van der Waals surface area contributed by atoms with Crippen molar-refractivity contribution in [2.75, 3.05) is 33.0 Å². The average molecular weight is 678 g/mol. The quantitative estimate of drug-likeness (QED) is 0.0459. The van der Waals surface area contributed by atoms with Crippen LogP contribution in [0, 0.1) is 0 Å². The van der Waals surface area contributed by atoms with Crippen LogP contribution in [-0.2, 0) is 13.6 Å². The molecular formula is C34H63O6PSe. The fourth-order valence-corrected chi connectivity index (χ4v) is 10.6. The minimum atomic E-state index is -3.22. The van der Waals surface area contributed by atoms with Crippen LogP contribution in [0.4, 0.5) is 0 Å². The van der Waals surface area contributed by atoms with Gasteiger partial charge in [0.2, 0.25) is 0 Å². The van der Waals surface area contributed by atoms with E-state index >= 15 is 0 Å². The Kier molecular flexibility index (Phi) is 25.0. The molecule has 1 aromatic rings. The van der Waals surface area contributed by atoms with Gasteiger partial charge in [-0.15, -0.1) is 0 Å². The van der Waals surface area contributed by atoms with Crippen LogP contribution < -0.4 is 18.7 Å². The molecule has 0 saturated carbocycles. The minimum Gasteiger partial charge on any atom is -0.0654 e. The fourth-order valence-electron chi connectivity index (χ4n) is 4.68. The van der Waals surface area contributed by atoms with Gasteiger partial charge < -0.3 is 0 Å². The zero-order valence-corrected chi connectivity index (χ0v) is 30.3. The van der Waals surface area contributed by atoms with E-state index in [2.05, 4.69) is 20.8 Å². The monoisotopic (exact) mass is 678 g/mol. The molecule has 0 aliphatic carbocycles. The maximum absolute atomic E-state index is 13.5. The summed E-state index contributed by atoms with van der Waals surface area (Å²) in [4.78, 5) is 0. The first-order valence-electron chi connectivity index (χ1n) is 17.2. The fraction of sp³-hybridized carbons (Fsp3) is 0.824. The van der Waals surface area contributed by atoms with Crippen LogP contribution in [-0.4, -0.2) is 47.5 Å². The summed E-state index contributed by atoms with van der Waals surface area (Å²) in [7, 11) is 0. The first kappa shape index (κ1) is 39.3. The first-order chi connectivity index (χ1) is 20.5. The third kappa shape index (κ3) is 18.8. The molecule has 8 heteroatoms. The van der Waals surface area contributed by atoms with Crippen molar-refractivity contribution in [3.05, 3.63) is 12.1 Å². The number of unbranched alkanes of at least 4 members (excludes halogenated alkanes) is 15. The van der Waals surface area contributed by atoms with E-state index in [0.29, 0.717) is 50.3 Å². The first-order valence-corrected chi connectivity index (χ1v) is 21.8. The van der Waals surface area contributed by atoms with Crippen molar-refractivity contribution >= 4 is 25.3 Å². The van der Waals surface area contributed by atoms with Crippen molar-refractivity contribution in [1.82, 2.24) is 0 Å². The number of hydrogen-bond acceptors (Lipinski definition) is 6. The van der Waals surface area contributed by atoms with Gasteiger partial charge in [-0.25, -0.2) is 0 Å². The third-order valence-electron chi connectivity index (χ3n) is 7.04. The Morgan fingerprint density at radius 3 is 1.26 bits per heavy atom. The predicted molar refractivity (Wildman–Crippen MR) is 179 cm³/mol. The molecule has 0 unspecified atom stereocenters. The van der Waals surface area contributed by atoms with E-state index in [1.807, 2.05) is 26.0 Å². The Bertz CT molecular complexity index is 772. The van der Waals surface area contributed by atoms with Crippen molar-refractivity contribution in [1.29, 1.82) is 0 Å². The molecule has 1 aromatic carbocycles. The molecule has 0 spiro atoms. The van der Waals surface area contributed by atoms with Crippen molar-refractivity contribution < 1.29 is 27.8 Å². The number of hydrogen-bond donors (Lipinski definition) is 0. The molecule has 0 amide bonds. The summed E-state index contributed by atoms with van der Waals surface area (Å²) in [5.74, 6) is 2.06. The second-order valence-corrected chi connectivity index (χ2v) is 17.5. The molecule has 0 N–H and O–H groups in total. The van der Waals surface area contributed by atoms with Crippen molar-refractivity contribution in [2.45, 2.75) is 150 Å². The van der Waals surface area contributed by atoms with Gasteiger partial charge in [0.05, 0.1) is 0 Å². The van der Waals surface area contributed by atoms with E-state index in [4.69, 9.17) is 23.3 Å². The van der Waals surface area contributed by atoms with Gasteiger partial charge in [0.15, 0.2) is 0 Å². The summed E-state index contributed by atoms with van der Waals surface area (Å²) >= 11 is -0.534. The Balaban J connectivity index is 3.10. The van der Waals surface area contributed by atoms with E-state index in [9.17, 15) is 4.57 Å². The summed E-state index contributed by atoms with van der Waals surface area (Å²) < 4.78 is 44.8. The van der Waals surface area contributed by atoms with E-state index in [0.717, 1.165) is 43.0 Å². The van der Waals surface area contributed by atoms with Crippen LogP contribution in [0.15, 0.2) is 12.1 Å². The van der Waals surface area contributed by atoms with Gasteiger partial charge in [0.1, 0.15) is 0 Å². The Labute approximate surface area is 265 Å². The van der Waals surface area contributed by atoms with Gasteiger partial charge in [-0.3, -0.25) is 0 Å². The summed E-state index contributed by atoms with van der Waals surface area (Å²) in [6, 6.07) is 3.96. The van der Waals surface area contributed by atoms with Gasteiger partial charge in [0, 0.05) is 0 Å². The summed E-state index contributed by atoms with van der Waals surface area (Å²) in [6.45, 7) is 13.0. The normalized spacial score (nSPS) is 11.6. The van der Waals surface area contributed by atoms with Gasteiger partial charge >= 0.3 is 259 Å². The van der Waals surface area contributed by atoms with Gasteiger partial charge in [0.25, 0.3) is 0 Å². The zero-order chi connectivity index (χ0) is 30.7. The standard InChI is InChI=1S/C34H63O6PSe/c1-6-11-14-17-20-23-26-36-32-29-31(42-41(35,39-9-4)40-10-5)30-33(37-27-24-21-18-15-12-7-2)34(32)38-28-25-22-19-16-13-8-3/h29-30H,6-28H2,1-5H3. The van der Waals surface area contributed by atoms with Crippen molar-refractivity contribution in [3.63, 3.8) is 0 Å². The van der Waals surface area contributed by atoms with Gasteiger partial charge in [-0.05, 0) is 0 Å². The maximum atomic E-state index is 13.5. The molecule has 6 nitrogen and oxygen atoms in total. The topological polar surface area (TPSA) is 63.2 Å². The van der Waals surface area contributed by atoms with Crippen LogP contribution in [0.2, 0.25) is 0 Å². The van der Waals surface area contributed by atoms with Gasteiger partial charge in [-0.2, -0.15) is 0 Å². The van der Waals surface area contributed by atoms with Gasteiger partial charge in [-0.1, -0.05) is 6.92 Å². The number of benzene rings is 1. The predicted octanol–water partition coefficient (Wildman–Crippen LogP) is 10.4. The van der Waals surface area contributed by atoms with E-state index in [1.54, 1.807) is 0 Å². The molecular weight excluding hydrogens is 614 g/mol. The number of rotatable bonds is 30. The average Bonchev–Trinajstić information content (AvgIpc) is 2.96. The molecule has 0 heterocycles. The Morgan fingerprint density at radius 1 is 0.524 bits per heavy atom. The number of ether oxygens (including phenoxy) is 3. The SMILES string of the molecule is CCCCCCCCOc1cc([Se]P(=O)(OCC)OCC)cc(OCCCCCCCC)c1OCCCCCCCC. The molecule has 0 aromatic heterocycles. The van der Waals surface area contributed by atoms with E-state index in [1.165, 1.54) is 77.0 Å². The minimum absolute atomic E-state index is 0.348. The molecule has 0 atom stereocenters. The van der Waals surface area contributed by atoms with Crippen molar-refractivity contribution in [2.24, 2.45) is 0 Å². The van der Waals surface area contributed by atoms with Crippen LogP contribution >= 0.6 is 6.29 Å². The second-order valence-electron chi connectivity index (χ2n) is 11.0. The molecule has 0 saturated heterocycles. The van der Waals surface area contributed by atoms with Crippen LogP contribution in [0.25, 0.3) is 0 Å². The smallest absolute Gasteiger partial charge is 0.0654 e. The van der Waals surface area contributed by atoms with Crippen molar-refractivity contribution in [3.8, 4) is 17.2 Å². The molecule has 0 fully saturated rings. The zero-order valence-electron chi connectivity index (χ0n) is 27.7. The van der Waals surface area contributed by atoms with Crippen LogP contribution in [0.1, 0.15) is 150 Å². The van der Waals surface area contributed by atoms with E-state index in [-0.39, 0.29) is 0 Å². The Hall–Kier alpha value is -0.711. The molecule has 1 rings (SSSR count). The van der Waals surface area contributed by atoms with Crippen LogP contribution in [0.5, 0.6) is 17.2 Å². The summed E-state index contributed by atoms with van der Waals surface area (Å²) in [6.07, 6.45) is 18.4. The molecule has 0 aliphatic rings. The second kappa shape index (κ2) is 26.7. The molecule has 0 bridgehead atoms. The van der Waals surface area contributed by atoms with E-state index < -0.39 is 20.8 Å². The molecule has 0 aliphatic heterocycles. The molecule has 42 heavy (non-hydrogen) atoms. The summed E-state index contributed by atoms with van der Waals surface area (Å²) in [5, 5.41) is 0. The summed E-state index contributed by atoms with van der Waals surface area (Å²) in [5.41, 5.74) is 0.